The van der Waals surface area contributed by atoms with Crippen molar-refractivity contribution in [2.24, 2.45) is 0 Å². The third-order valence-electron chi connectivity index (χ3n) is 2.66. The zero-order chi connectivity index (χ0) is 15.2. The van der Waals surface area contributed by atoms with Crippen molar-refractivity contribution in [3.8, 4) is 0 Å². The van der Waals surface area contributed by atoms with E-state index in [9.17, 15) is 4.79 Å². The number of amides is 1. The van der Waals surface area contributed by atoms with Crippen LogP contribution in [0.1, 0.15) is 38.1 Å². The Kier molecular flexibility index (Phi) is 6.16. The van der Waals surface area contributed by atoms with Gasteiger partial charge in [0.05, 0.1) is 31.9 Å². The summed E-state index contributed by atoms with van der Waals surface area (Å²) in [6.07, 6.45) is 0.176. The Bertz CT molecular complexity index is 435. The Morgan fingerprint density at radius 1 is 1.40 bits per heavy atom. The molecule has 20 heavy (non-hydrogen) atoms. The molecule has 0 aliphatic heterocycles. The second-order valence-electron chi connectivity index (χ2n) is 5.64. The molecule has 0 fully saturated rings. The molecule has 1 amide bonds. The Balaban J connectivity index is 2.44. The summed E-state index contributed by atoms with van der Waals surface area (Å²) in [5.41, 5.74) is 0.582. The van der Waals surface area contributed by atoms with Crippen LogP contribution in [-0.4, -0.2) is 42.4 Å². The van der Waals surface area contributed by atoms with Gasteiger partial charge in [-0.2, -0.15) is 0 Å². The molecule has 0 aliphatic rings. The van der Waals surface area contributed by atoms with Crippen molar-refractivity contribution >= 4 is 5.91 Å². The van der Waals surface area contributed by atoms with Gasteiger partial charge >= 0.3 is 0 Å². The fourth-order valence-electron chi connectivity index (χ4n) is 1.55. The maximum absolute atomic E-state index is 11.8. The van der Waals surface area contributed by atoms with Crippen molar-refractivity contribution in [1.29, 1.82) is 0 Å². The quantitative estimate of drug-likeness (QED) is 0.728. The van der Waals surface area contributed by atoms with E-state index in [1.54, 1.807) is 0 Å². The number of hydrogen-bond acceptors (Lipinski definition) is 5. The average molecular weight is 284 g/mol. The smallest absolute Gasteiger partial charge is 0.227 e. The van der Waals surface area contributed by atoms with Gasteiger partial charge in [0, 0.05) is 12.0 Å². The molecule has 0 saturated carbocycles. The maximum Gasteiger partial charge on any atom is 0.227 e. The normalized spacial score (nSPS) is 11.7. The predicted molar refractivity (Wildman–Crippen MR) is 74.6 cm³/mol. The van der Waals surface area contributed by atoms with E-state index in [0.717, 1.165) is 5.69 Å². The summed E-state index contributed by atoms with van der Waals surface area (Å²) < 4.78 is 10.7. The van der Waals surface area contributed by atoms with Gasteiger partial charge in [0.2, 0.25) is 5.91 Å². The highest BCUT2D eigenvalue weighted by Gasteiger charge is 2.23. The number of aliphatic hydroxyl groups excluding tert-OH is 1. The van der Waals surface area contributed by atoms with Gasteiger partial charge in [0.1, 0.15) is 5.76 Å². The molecule has 114 valence electrons. The van der Waals surface area contributed by atoms with Crippen molar-refractivity contribution < 1.29 is 19.1 Å². The number of oxazole rings is 1. The van der Waals surface area contributed by atoms with Crippen molar-refractivity contribution in [3.05, 3.63) is 17.3 Å². The first kappa shape index (κ1) is 16.7. The molecule has 0 atom stereocenters. The van der Waals surface area contributed by atoms with Crippen LogP contribution in [0.4, 0.5) is 0 Å². The first-order valence-electron chi connectivity index (χ1n) is 6.76. The van der Waals surface area contributed by atoms with Gasteiger partial charge in [-0.1, -0.05) is 20.8 Å². The topological polar surface area (TPSA) is 84.6 Å². The third kappa shape index (κ3) is 5.30. The highest BCUT2D eigenvalue weighted by atomic mass is 16.5. The van der Waals surface area contributed by atoms with E-state index in [1.165, 1.54) is 0 Å². The molecule has 0 spiro atoms. The maximum atomic E-state index is 11.8. The van der Waals surface area contributed by atoms with Gasteiger partial charge < -0.3 is 19.6 Å². The molecule has 0 aromatic carbocycles. The first-order valence-corrected chi connectivity index (χ1v) is 6.76. The van der Waals surface area contributed by atoms with E-state index in [2.05, 4.69) is 10.3 Å². The fraction of sp³-hybridized carbons (Fsp3) is 0.714. The minimum atomic E-state index is -0.169. The van der Waals surface area contributed by atoms with Gasteiger partial charge in [0.15, 0.2) is 5.89 Å². The number of aryl methyl sites for hydroxylation is 1. The molecule has 0 radical (unpaired) electrons. The van der Waals surface area contributed by atoms with Crippen LogP contribution >= 0.6 is 0 Å². The molecule has 2 N–H and O–H groups in total. The summed E-state index contributed by atoms with van der Waals surface area (Å²) in [5, 5.41) is 11.3. The number of rotatable bonds is 7. The van der Waals surface area contributed by atoms with E-state index in [-0.39, 0.29) is 31.0 Å². The molecule has 0 unspecified atom stereocenters. The first-order chi connectivity index (χ1) is 9.34. The molecule has 6 nitrogen and oxygen atoms in total. The van der Waals surface area contributed by atoms with Gasteiger partial charge in [-0.3, -0.25) is 4.79 Å². The Morgan fingerprint density at radius 3 is 2.65 bits per heavy atom. The van der Waals surface area contributed by atoms with Crippen LogP contribution in [0.15, 0.2) is 4.42 Å². The monoisotopic (exact) mass is 284 g/mol. The lowest BCUT2D eigenvalue weighted by Gasteiger charge is -2.12. The Morgan fingerprint density at radius 2 is 2.10 bits per heavy atom. The lowest BCUT2D eigenvalue weighted by atomic mass is 9.97. The van der Waals surface area contributed by atoms with Crippen LogP contribution in [0.2, 0.25) is 0 Å². The SMILES string of the molecule is Cc1nc(C(C)(C)C)oc1CC(=O)NCCOCCO. The summed E-state index contributed by atoms with van der Waals surface area (Å²) in [4.78, 5) is 16.1. The van der Waals surface area contributed by atoms with Crippen LogP contribution < -0.4 is 5.32 Å². The largest absolute Gasteiger partial charge is 0.444 e. The number of nitrogens with zero attached hydrogens (tertiary/aromatic N) is 1. The van der Waals surface area contributed by atoms with Crippen molar-refractivity contribution in [2.75, 3.05) is 26.4 Å². The minimum Gasteiger partial charge on any atom is -0.444 e. The highest BCUT2D eigenvalue weighted by Crippen LogP contribution is 2.23. The number of ether oxygens (including phenoxy) is 1. The van der Waals surface area contributed by atoms with Crippen molar-refractivity contribution in [3.63, 3.8) is 0 Å². The zero-order valence-corrected chi connectivity index (χ0v) is 12.7. The third-order valence-corrected chi connectivity index (χ3v) is 2.66. The van der Waals surface area contributed by atoms with Crippen LogP contribution in [0.3, 0.4) is 0 Å². The van der Waals surface area contributed by atoms with Crippen LogP contribution in [0, 0.1) is 6.92 Å². The number of carbonyl (C=O) groups is 1. The summed E-state index contributed by atoms with van der Waals surface area (Å²) in [5.74, 6) is 1.12. The van der Waals surface area contributed by atoms with Gasteiger partial charge in [0.25, 0.3) is 0 Å². The van der Waals surface area contributed by atoms with E-state index in [1.807, 2.05) is 27.7 Å². The average Bonchev–Trinajstić information content (AvgIpc) is 2.70. The summed E-state index contributed by atoms with van der Waals surface area (Å²) >= 11 is 0. The second kappa shape index (κ2) is 7.40. The van der Waals surface area contributed by atoms with Crippen molar-refractivity contribution in [2.45, 2.75) is 39.5 Å². The zero-order valence-electron chi connectivity index (χ0n) is 12.7. The number of aromatic nitrogens is 1. The summed E-state index contributed by atoms with van der Waals surface area (Å²) in [6.45, 7) is 8.95. The lowest BCUT2D eigenvalue weighted by Crippen LogP contribution is -2.29. The van der Waals surface area contributed by atoms with Crippen LogP contribution in [-0.2, 0) is 21.4 Å². The summed E-state index contributed by atoms with van der Waals surface area (Å²) in [7, 11) is 0. The van der Waals surface area contributed by atoms with Gasteiger partial charge in [-0.15, -0.1) is 0 Å². The molecule has 1 rings (SSSR count). The van der Waals surface area contributed by atoms with E-state index >= 15 is 0 Å². The molecule has 6 heteroatoms. The standard InChI is InChI=1S/C14H24N2O4/c1-10-11(20-13(16-10)14(2,3)4)9-12(18)15-5-7-19-8-6-17/h17H,5-9H2,1-4H3,(H,15,18). The number of nitrogens with one attached hydrogen (secondary N) is 1. The molecule has 0 bridgehead atoms. The molecule has 1 aromatic rings. The van der Waals surface area contributed by atoms with Crippen LogP contribution in [0.25, 0.3) is 0 Å². The van der Waals surface area contributed by atoms with Gasteiger partial charge in [-0.05, 0) is 6.92 Å². The molecule has 0 saturated heterocycles. The number of carbonyl (C=O) groups excluding carboxylic acids is 1. The van der Waals surface area contributed by atoms with E-state index in [0.29, 0.717) is 24.8 Å². The lowest BCUT2D eigenvalue weighted by molar-refractivity contribution is -0.120. The highest BCUT2D eigenvalue weighted by molar-refractivity contribution is 5.78. The molecule has 1 heterocycles. The molecule has 0 aliphatic carbocycles. The number of hydrogen-bond donors (Lipinski definition) is 2. The Labute approximate surface area is 119 Å². The fourth-order valence-corrected chi connectivity index (χ4v) is 1.55. The van der Waals surface area contributed by atoms with E-state index in [4.69, 9.17) is 14.3 Å². The summed E-state index contributed by atoms with van der Waals surface area (Å²) in [6, 6.07) is 0. The molecule has 1 aromatic heterocycles. The Hall–Kier alpha value is -1.40. The predicted octanol–water partition coefficient (Wildman–Crippen LogP) is 0.948. The molecular formula is C14H24N2O4. The van der Waals surface area contributed by atoms with Crippen molar-refractivity contribution in [1.82, 2.24) is 10.3 Å². The second-order valence-corrected chi connectivity index (χ2v) is 5.64. The minimum absolute atomic E-state index is 0.0131. The molecular weight excluding hydrogens is 260 g/mol. The number of aliphatic hydroxyl groups is 1. The van der Waals surface area contributed by atoms with Gasteiger partial charge in [-0.25, -0.2) is 4.98 Å². The van der Waals surface area contributed by atoms with E-state index < -0.39 is 0 Å². The van der Waals surface area contributed by atoms with Crippen LogP contribution in [0.5, 0.6) is 0 Å².